The lowest BCUT2D eigenvalue weighted by atomic mass is 9.89. The van der Waals surface area contributed by atoms with E-state index in [0.29, 0.717) is 10.8 Å². The van der Waals surface area contributed by atoms with Crippen molar-refractivity contribution in [3.63, 3.8) is 0 Å². The Balaban J connectivity index is 1.39. The first-order valence-corrected chi connectivity index (χ1v) is 10.4. The summed E-state index contributed by atoms with van der Waals surface area (Å²) in [7, 11) is 0. The van der Waals surface area contributed by atoms with Crippen molar-refractivity contribution in [2.75, 3.05) is 0 Å². The minimum Gasteiger partial charge on any atom is -0.387 e. The number of oxime groups is 1. The Kier molecular flexibility index (Phi) is 4.49. The van der Waals surface area contributed by atoms with Gasteiger partial charge in [-0.15, -0.1) is 16.4 Å². The molecule has 0 radical (unpaired) electrons. The number of thiophene rings is 1. The summed E-state index contributed by atoms with van der Waals surface area (Å²) in [5, 5.41) is 10.3. The van der Waals surface area contributed by atoms with Crippen LogP contribution < -0.4 is 0 Å². The highest BCUT2D eigenvalue weighted by molar-refractivity contribution is 7.19. The molecular formula is C20H18ClN5OS. The lowest BCUT2D eigenvalue weighted by Crippen LogP contribution is -2.08. The average molecular weight is 412 g/mol. The van der Waals surface area contributed by atoms with Crippen molar-refractivity contribution in [3.8, 4) is 0 Å². The van der Waals surface area contributed by atoms with Crippen LogP contribution in [0.2, 0.25) is 5.02 Å². The van der Waals surface area contributed by atoms with E-state index in [1.807, 2.05) is 24.3 Å². The maximum atomic E-state index is 5.88. The number of fused-ring (bicyclic) bond motifs is 5. The van der Waals surface area contributed by atoms with Crippen molar-refractivity contribution in [1.29, 1.82) is 0 Å². The second-order valence-electron chi connectivity index (χ2n) is 7.13. The van der Waals surface area contributed by atoms with E-state index in [4.69, 9.17) is 21.4 Å². The molecule has 1 unspecified atom stereocenters. The topological polar surface area (TPSA) is 64.7 Å². The SMILES string of the molecule is CC1CCc2c(sc3ncn4nc(CON=Cc5ccc(Cl)cc5)nc4c23)C1. The largest absolute Gasteiger partial charge is 0.387 e. The molecule has 0 saturated carbocycles. The Labute approximate surface area is 170 Å². The Hall–Kier alpha value is -2.51. The van der Waals surface area contributed by atoms with Crippen LogP contribution in [0, 0.1) is 5.92 Å². The highest BCUT2D eigenvalue weighted by Crippen LogP contribution is 2.38. The van der Waals surface area contributed by atoms with Gasteiger partial charge in [-0.3, -0.25) is 0 Å². The fourth-order valence-electron chi connectivity index (χ4n) is 3.59. The Morgan fingerprint density at radius 3 is 3.07 bits per heavy atom. The summed E-state index contributed by atoms with van der Waals surface area (Å²) in [4.78, 5) is 17.2. The van der Waals surface area contributed by atoms with Crippen molar-refractivity contribution < 1.29 is 4.84 Å². The number of halogens is 1. The highest BCUT2D eigenvalue weighted by Gasteiger charge is 2.23. The Morgan fingerprint density at radius 2 is 2.21 bits per heavy atom. The molecule has 0 spiro atoms. The smallest absolute Gasteiger partial charge is 0.192 e. The van der Waals surface area contributed by atoms with Crippen LogP contribution in [0.25, 0.3) is 15.9 Å². The van der Waals surface area contributed by atoms with Crippen LogP contribution in [0.5, 0.6) is 0 Å². The summed E-state index contributed by atoms with van der Waals surface area (Å²) in [5.74, 6) is 1.32. The van der Waals surface area contributed by atoms with E-state index >= 15 is 0 Å². The van der Waals surface area contributed by atoms with Crippen LogP contribution >= 0.6 is 22.9 Å². The molecule has 0 aliphatic heterocycles. The van der Waals surface area contributed by atoms with Gasteiger partial charge in [0, 0.05) is 9.90 Å². The van der Waals surface area contributed by atoms with Crippen LogP contribution in [-0.2, 0) is 24.3 Å². The summed E-state index contributed by atoms with van der Waals surface area (Å²) in [5.41, 5.74) is 3.17. The Morgan fingerprint density at radius 1 is 1.36 bits per heavy atom. The quantitative estimate of drug-likeness (QED) is 0.361. The summed E-state index contributed by atoms with van der Waals surface area (Å²) in [6, 6.07) is 7.38. The molecule has 6 nitrogen and oxygen atoms in total. The average Bonchev–Trinajstić information content (AvgIpc) is 3.26. The normalized spacial score (nSPS) is 16.9. The van der Waals surface area contributed by atoms with E-state index in [-0.39, 0.29) is 6.61 Å². The number of hydrogen-bond donors (Lipinski definition) is 0. The van der Waals surface area contributed by atoms with Crippen molar-refractivity contribution in [3.05, 3.63) is 57.4 Å². The molecule has 1 aliphatic carbocycles. The van der Waals surface area contributed by atoms with Gasteiger partial charge in [0.25, 0.3) is 0 Å². The molecule has 1 atom stereocenters. The van der Waals surface area contributed by atoms with Crippen LogP contribution in [0.1, 0.15) is 35.2 Å². The zero-order valence-corrected chi connectivity index (χ0v) is 16.9. The standard InChI is InChI=1S/C20H18ClN5OS/c1-12-2-7-15-16(8-12)28-20-18(15)19-24-17(25-26(19)11-22-20)10-27-23-9-13-3-5-14(21)6-4-13/h3-6,9,11-12H,2,7-8,10H2,1H3. The first-order valence-electron chi connectivity index (χ1n) is 9.23. The van der Waals surface area contributed by atoms with E-state index in [1.165, 1.54) is 16.9 Å². The molecule has 0 bridgehead atoms. The van der Waals surface area contributed by atoms with Gasteiger partial charge in [0.05, 0.1) is 11.6 Å². The predicted octanol–water partition coefficient (Wildman–Crippen LogP) is 4.67. The zero-order chi connectivity index (χ0) is 19.1. The molecule has 0 saturated heterocycles. The fourth-order valence-corrected chi connectivity index (χ4v) is 5.06. The van der Waals surface area contributed by atoms with Crippen LogP contribution in [0.4, 0.5) is 0 Å². The van der Waals surface area contributed by atoms with Crippen LogP contribution in [0.3, 0.4) is 0 Å². The number of nitrogens with zero attached hydrogens (tertiary/aromatic N) is 5. The molecule has 1 aliphatic rings. The molecule has 0 fully saturated rings. The first-order chi connectivity index (χ1) is 13.7. The van der Waals surface area contributed by atoms with Gasteiger partial charge < -0.3 is 4.84 Å². The molecule has 3 aromatic heterocycles. The van der Waals surface area contributed by atoms with Gasteiger partial charge in [-0.05, 0) is 48.4 Å². The van der Waals surface area contributed by atoms with Crippen molar-refractivity contribution >= 4 is 45.0 Å². The molecule has 8 heteroatoms. The van der Waals surface area contributed by atoms with Gasteiger partial charge in [0.1, 0.15) is 11.2 Å². The van der Waals surface area contributed by atoms with Gasteiger partial charge >= 0.3 is 0 Å². The molecule has 3 heterocycles. The molecular weight excluding hydrogens is 394 g/mol. The monoisotopic (exact) mass is 411 g/mol. The predicted molar refractivity (Wildman–Crippen MR) is 111 cm³/mol. The second-order valence-corrected chi connectivity index (χ2v) is 8.65. The molecule has 0 N–H and O–H groups in total. The summed E-state index contributed by atoms with van der Waals surface area (Å²) >= 11 is 7.67. The molecule has 28 heavy (non-hydrogen) atoms. The third kappa shape index (κ3) is 3.25. The van der Waals surface area contributed by atoms with Crippen molar-refractivity contribution in [2.24, 2.45) is 11.1 Å². The van der Waals surface area contributed by atoms with Gasteiger partial charge in [-0.25, -0.2) is 14.5 Å². The van der Waals surface area contributed by atoms with Gasteiger partial charge in [-0.1, -0.05) is 35.8 Å². The third-order valence-corrected chi connectivity index (χ3v) is 6.43. The minimum absolute atomic E-state index is 0.205. The maximum absolute atomic E-state index is 5.88. The molecule has 0 amide bonds. The summed E-state index contributed by atoms with van der Waals surface area (Å²) in [6.07, 6.45) is 6.80. The van der Waals surface area contributed by atoms with Crippen LogP contribution in [-0.4, -0.2) is 25.8 Å². The summed E-state index contributed by atoms with van der Waals surface area (Å²) < 4.78 is 1.75. The maximum Gasteiger partial charge on any atom is 0.192 e. The highest BCUT2D eigenvalue weighted by atomic mass is 35.5. The number of rotatable bonds is 4. The molecule has 4 aromatic rings. The van der Waals surface area contributed by atoms with Gasteiger partial charge in [0.2, 0.25) is 0 Å². The van der Waals surface area contributed by atoms with Crippen molar-refractivity contribution in [1.82, 2.24) is 19.6 Å². The van der Waals surface area contributed by atoms with E-state index in [2.05, 4.69) is 22.2 Å². The van der Waals surface area contributed by atoms with Crippen molar-refractivity contribution in [2.45, 2.75) is 32.8 Å². The molecule has 142 valence electrons. The first kappa shape index (κ1) is 17.6. The lowest BCUT2D eigenvalue weighted by molar-refractivity contribution is 0.126. The van der Waals surface area contributed by atoms with Gasteiger partial charge in [-0.2, -0.15) is 0 Å². The zero-order valence-electron chi connectivity index (χ0n) is 15.3. The number of aromatic nitrogens is 4. The second kappa shape index (κ2) is 7.14. The molecule has 1 aromatic carbocycles. The number of benzene rings is 1. The fraction of sp³-hybridized carbons (Fsp3) is 0.300. The third-order valence-electron chi connectivity index (χ3n) is 5.02. The lowest BCUT2D eigenvalue weighted by Gasteiger charge is -2.17. The Bertz CT molecular complexity index is 1180. The summed E-state index contributed by atoms with van der Waals surface area (Å²) in [6.45, 7) is 2.52. The van der Waals surface area contributed by atoms with E-state index in [9.17, 15) is 0 Å². The number of aryl methyl sites for hydroxylation is 1. The number of hydrogen-bond acceptors (Lipinski definition) is 6. The molecule has 5 rings (SSSR count). The van der Waals surface area contributed by atoms with Gasteiger partial charge in [0.15, 0.2) is 18.1 Å². The van der Waals surface area contributed by atoms with E-state index < -0.39 is 0 Å². The minimum atomic E-state index is 0.205. The van der Waals surface area contributed by atoms with E-state index in [1.54, 1.807) is 28.4 Å². The van der Waals surface area contributed by atoms with E-state index in [0.717, 1.165) is 40.2 Å². The van der Waals surface area contributed by atoms with Crippen LogP contribution in [0.15, 0.2) is 35.7 Å².